The highest BCUT2D eigenvalue weighted by Crippen LogP contribution is 2.29. The van der Waals surface area contributed by atoms with Gasteiger partial charge in [-0.25, -0.2) is 4.98 Å². The summed E-state index contributed by atoms with van der Waals surface area (Å²) in [6, 6.07) is 6.59. The fourth-order valence-electron chi connectivity index (χ4n) is 4.90. The summed E-state index contributed by atoms with van der Waals surface area (Å²) in [5.74, 6) is 0.472. The molecule has 0 atom stereocenters. The van der Waals surface area contributed by atoms with Crippen LogP contribution in [0.25, 0.3) is 22.2 Å². The molecular formula is C24H29N5O2. The molecule has 2 fully saturated rings. The second-order valence-electron chi connectivity index (χ2n) is 8.76. The van der Waals surface area contributed by atoms with Crippen molar-refractivity contribution >= 4 is 16.7 Å². The minimum Gasteiger partial charge on any atom is -0.379 e. The van der Waals surface area contributed by atoms with E-state index in [0.717, 1.165) is 79.8 Å². The van der Waals surface area contributed by atoms with E-state index < -0.39 is 0 Å². The minimum absolute atomic E-state index is 0.157. The zero-order valence-corrected chi connectivity index (χ0v) is 18.0. The van der Waals surface area contributed by atoms with Gasteiger partial charge in [-0.2, -0.15) is 5.10 Å². The predicted octanol–water partition coefficient (Wildman–Crippen LogP) is 3.03. The van der Waals surface area contributed by atoms with Crippen LogP contribution in [0.3, 0.4) is 0 Å². The van der Waals surface area contributed by atoms with Gasteiger partial charge in [0.15, 0.2) is 0 Å². The topological polar surface area (TPSA) is 73.1 Å². The number of carbonyl (C=O) groups is 1. The fourth-order valence-corrected chi connectivity index (χ4v) is 4.90. The molecule has 1 saturated carbocycles. The van der Waals surface area contributed by atoms with Crippen LogP contribution in [0, 0.1) is 5.92 Å². The Kier molecular flexibility index (Phi) is 5.78. The van der Waals surface area contributed by atoms with Crippen LogP contribution in [0.15, 0.2) is 36.8 Å². The molecule has 3 aromatic heterocycles. The third-order valence-corrected chi connectivity index (χ3v) is 6.70. The number of hydrogen-bond donors (Lipinski definition) is 0. The van der Waals surface area contributed by atoms with E-state index in [1.807, 2.05) is 43.8 Å². The first kappa shape index (κ1) is 20.3. The van der Waals surface area contributed by atoms with Crippen molar-refractivity contribution in [2.45, 2.75) is 38.1 Å². The molecule has 4 heterocycles. The van der Waals surface area contributed by atoms with Crippen LogP contribution in [-0.4, -0.2) is 62.8 Å². The average Bonchev–Trinajstić information content (AvgIpc) is 3.25. The van der Waals surface area contributed by atoms with Crippen LogP contribution < -0.4 is 0 Å². The number of aromatic nitrogens is 4. The summed E-state index contributed by atoms with van der Waals surface area (Å²) in [5.41, 5.74) is 3.54. The van der Waals surface area contributed by atoms with Gasteiger partial charge in [0.25, 0.3) is 0 Å². The smallest absolute Gasteiger partial charge is 0.141 e. The van der Waals surface area contributed by atoms with Crippen LogP contribution in [0.1, 0.15) is 31.4 Å². The van der Waals surface area contributed by atoms with E-state index in [9.17, 15) is 4.79 Å². The number of morpholine rings is 1. The molecule has 1 saturated heterocycles. The van der Waals surface area contributed by atoms with Gasteiger partial charge in [0.05, 0.1) is 30.6 Å². The molecule has 7 heteroatoms. The highest BCUT2D eigenvalue weighted by Gasteiger charge is 2.30. The van der Waals surface area contributed by atoms with Gasteiger partial charge < -0.3 is 4.74 Å². The van der Waals surface area contributed by atoms with E-state index in [0.29, 0.717) is 18.2 Å². The van der Waals surface area contributed by atoms with E-state index in [1.54, 1.807) is 4.68 Å². The van der Waals surface area contributed by atoms with Crippen molar-refractivity contribution in [3.8, 4) is 11.3 Å². The van der Waals surface area contributed by atoms with Crippen molar-refractivity contribution in [3.05, 3.63) is 42.5 Å². The number of carbonyl (C=O) groups excluding carboxylic acids is 1. The number of hydrogen-bond acceptors (Lipinski definition) is 6. The molecule has 0 unspecified atom stereocenters. The van der Waals surface area contributed by atoms with Crippen LogP contribution >= 0.6 is 0 Å². The molecule has 0 bridgehead atoms. The summed E-state index contributed by atoms with van der Waals surface area (Å²) in [5, 5.41) is 5.21. The van der Waals surface area contributed by atoms with E-state index in [1.165, 1.54) is 0 Å². The van der Waals surface area contributed by atoms with Gasteiger partial charge in [-0.05, 0) is 43.9 Å². The maximum absolute atomic E-state index is 13.0. The minimum atomic E-state index is 0.157. The molecule has 0 radical (unpaired) electrons. The first-order chi connectivity index (χ1) is 15.2. The normalized spacial score (nSPS) is 22.6. The molecule has 3 aromatic rings. The Labute approximate surface area is 182 Å². The quantitative estimate of drug-likeness (QED) is 0.633. The highest BCUT2D eigenvalue weighted by atomic mass is 16.5. The molecule has 162 valence electrons. The lowest BCUT2D eigenvalue weighted by molar-refractivity contribution is -0.123. The molecule has 7 nitrogen and oxygen atoms in total. The number of Topliss-reactive ketones (excluding diaryl/α,β-unsaturated/α-hetero) is 1. The molecule has 0 N–H and O–H groups in total. The monoisotopic (exact) mass is 419 g/mol. The van der Waals surface area contributed by atoms with Crippen LogP contribution in [-0.2, 0) is 23.0 Å². The van der Waals surface area contributed by atoms with Crippen molar-refractivity contribution in [1.29, 1.82) is 0 Å². The molecule has 0 amide bonds. The largest absolute Gasteiger partial charge is 0.379 e. The first-order valence-electron chi connectivity index (χ1n) is 11.2. The zero-order chi connectivity index (χ0) is 21.2. The van der Waals surface area contributed by atoms with E-state index in [2.05, 4.69) is 15.0 Å². The number of aryl methyl sites for hydroxylation is 1. The van der Waals surface area contributed by atoms with Crippen molar-refractivity contribution in [2.75, 3.05) is 26.3 Å². The summed E-state index contributed by atoms with van der Waals surface area (Å²) in [6.45, 7) is 3.72. The number of pyridine rings is 2. The third kappa shape index (κ3) is 4.52. The van der Waals surface area contributed by atoms with Crippen LogP contribution in [0.5, 0.6) is 0 Å². The Morgan fingerprint density at radius 2 is 1.94 bits per heavy atom. The Morgan fingerprint density at radius 1 is 1.13 bits per heavy atom. The van der Waals surface area contributed by atoms with Gasteiger partial charge in [-0.3, -0.25) is 19.4 Å². The van der Waals surface area contributed by atoms with Crippen molar-refractivity contribution in [2.24, 2.45) is 13.0 Å². The number of nitrogens with zero attached hydrogens (tertiary/aromatic N) is 5. The molecule has 0 spiro atoms. The predicted molar refractivity (Wildman–Crippen MR) is 119 cm³/mol. The number of ketones is 1. The summed E-state index contributed by atoms with van der Waals surface area (Å²) in [4.78, 5) is 24.8. The molecule has 1 aliphatic heterocycles. The average molecular weight is 420 g/mol. The molecule has 5 rings (SSSR count). The molecular weight excluding hydrogens is 390 g/mol. The SMILES string of the molecule is Cn1cc(-c2ccc3cnc(CC(=O)C4CCC(N5CCOCC5)CC4)cc3n2)cn1. The standard InChI is InChI=1S/C24H29N5O2/c1-28-16-19(15-26-28)22-7-4-18-14-25-20(12-23(18)27-22)13-24(30)17-2-5-21(6-3-17)29-8-10-31-11-9-29/h4,7,12,14-17,21H,2-3,5-6,8-11,13H2,1H3. The summed E-state index contributed by atoms with van der Waals surface area (Å²) in [7, 11) is 1.90. The van der Waals surface area contributed by atoms with Crippen molar-refractivity contribution in [3.63, 3.8) is 0 Å². The second-order valence-corrected chi connectivity index (χ2v) is 8.76. The van der Waals surface area contributed by atoms with Gasteiger partial charge >= 0.3 is 0 Å². The lowest BCUT2D eigenvalue weighted by Crippen LogP contribution is -2.45. The van der Waals surface area contributed by atoms with Gasteiger partial charge in [-0.1, -0.05) is 0 Å². The molecule has 0 aromatic carbocycles. The van der Waals surface area contributed by atoms with Gasteiger partial charge in [0, 0.05) is 67.6 Å². The summed E-state index contributed by atoms with van der Waals surface area (Å²) >= 11 is 0. The number of fused-ring (bicyclic) bond motifs is 1. The Morgan fingerprint density at radius 3 is 2.68 bits per heavy atom. The molecule has 31 heavy (non-hydrogen) atoms. The number of ether oxygens (including phenoxy) is 1. The van der Waals surface area contributed by atoms with Crippen molar-refractivity contribution < 1.29 is 9.53 Å². The van der Waals surface area contributed by atoms with E-state index >= 15 is 0 Å². The van der Waals surface area contributed by atoms with E-state index in [-0.39, 0.29) is 5.92 Å². The summed E-state index contributed by atoms with van der Waals surface area (Å²) < 4.78 is 7.24. The van der Waals surface area contributed by atoms with Gasteiger partial charge in [0.2, 0.25) is 0 Å². The van der Waals surface area contributed by atoms with Crippen LogP contribution in [0.2, 0.25) is 0 Å². The van der Waals surface area contributed by atoms with E-state index in [4.69, 9.17) is 9.72 Å². The fraction of sp³-hybridized carbons (Fsp3) is 0.500. The lowest BCUT2D eigenvalue weighted by Gasteiger charge is -2.38. The second kappa shape index (κ2) is 8.85. The Balaban J connectivity index is 1.24. The Bertz CT molecular complexity index is 1060. The molecule has 1 aliphatic carbocycles. The first-order valence-corrected chi connectivity index (χ1v) is 11.2. The van der Waals surface area contributed by atoms with Gasteiger partial charge in [-0.15, -0.1) is 0 Å². The third-order valence-electron chi connectivity index (χ3n) is 6.70. The maximum atomic E-state index is 13.0. The lowest BCUT2D eigenvalue weighted by atomic mass is 9.81. The van der Waals surface area contributed by atoms with Crippen LogP contribution in [0.4, 0.5) is 0 Å². The summed E-state index contributed by atoms with van der Waals surface area (Å²) in [6.07, 6.45) is 10.2. The molecule has 2 aliphatic rings. The maximum Gasteiger partial charge on any atom is 0.141 e. The number of rotatable bonds is 5. The van der Waals surface area contributed by atoms with Gasteiger partial charge in [0.1, 0.15) is 5.78 Å². The van der Waals surface area contributed by atoms with Crippen molar-refractivity contribution in [1.82, 2.24) is 24.6 Å². The highest BCUT2D eigenvalue weighted by molar-refractivity contribution is 5.85. The zero-order valence-electron chi connectivity index (χ0n) is 18.0. The Hall–Kier alpha value is -2.64.